The van der Waals surface area contributed by atoms with Gasteiger partial charge in [0.2, 0.25) is 0 Å². The largest absolute Gasteiger partial charge is 0.465 e. The van der Waals surface area contributed by atoms with E-state index in [9.17, 15) is 4.79 Å². The van der Waals surface area contributed by atoms with Crippen LogP contribution in [0, 0.1) is 0 Å². The highest BCUT2D eigenvalue weighted by Crippen LogP contribution is 1.83. The van der Waals surface area contributed by atoms with Crippen molar-refractivity contribution in [3.63, 3.8) is 0 Å². The van der Waals surface area contributed by atoms with Gasteiger partial charge in [-0.05, 0) is 0 Å². The van der Waals surface area contributed by atoms with E-state index in [1.54, 1.807) is 0 Å². The van der Waals surface area contributed by atoms with Gasteiger partial charge in [-0.25, -0.2) is 4.79 Å². The quantitative estimate of drug-likeness (QED) is 0.492. The molecule has 0 aliphatic rings. The van der Waals surface area contributed by atoms with Crippen LogP contribution < -0.4 is 5.32 Å². The first-order valence-electron chi connectivity index (χ1n) is 2.81. The molecule has 0 aromatic rings. The second kappa shape index (κ2) is 5.01. The Morgan fingerprint density at radius 2 is 2.40 bits per heavy atom. The summed E-state index contributed by atoms with van der Waals surface area (Å²) in [7, 11) is 1.41. The van der Waals surface area contributed by atoms with Gasteiger partial charge in [-0.15, -0.1) is 0 Å². The van der Waals surface area contributed by atoms with Crippen LogP contribution in [0.25, 0.3) is 0 Å². The summed E-state index contributed by atoms with van der Waals surface area (Å²) in [6, 6.07) is 0. The van der Waals surface area contributed by atoms with E-state index in [4.69, 9.17) is 10.2 Å². The molecule has 0 aliphatic carbocycles. The molecular weight excluding hydrogens is 138 g/mol. The van der Waals surface area contributed by atoms with Gasteiger partial charge in [0.25, 0.3) is 0 Å². The summed E-state index contributed by atoms with van der Waals surface area (Å²) in [5, 5.41) is 18.7. The summed E-state index contributed by atoms with van der Waals surface area (Å²) >= 11 is 0. The third kappa shape index (κ3) is 4.11. The number of ether oxygens (including phenoxy) is 1. The third-order valence-electron chi connectivity index (χ3n) is 1.02. The molecule has 5 heteroatoms. The van der Waals surface area contributed by atoms with Crippen molar-refractivity contribution in [2.75, 3.05) is 20.3 Å². The maximum Gasteiger partial charge on any atom is 0.404 e. The zero-order valence-corrected chi connectivity index (χ0v) is 5.70. The fraction of sp³-hybridized carbons (Fsp3) is 0.800. The molecule has 0 fully saturated rings. The molecule has 0 aromatic heterocycles. The van der Waals surface area contributed by atoms with Crippen LogP contribution in [0.5, 0.6) is 0 Å². The van der Waals surface area contributed by atoms with Crippen LogP contribution in [-0.2, 0) is 4.74 Å². The Balaban J connectivity index is 3.34. The van der Waals surface area contributed by atoms with E-state index in [2.05, 4.69) is 10.1 Å². The van der Waals surface area contributed by atoms with Crippen molar-refractivity contribution in [2.24, 2.45) is 0 Å². The van der Waals surface area contributed by atoms with E-state index in [0.717, 1.165) is 0 Å². The van der Waals surface area contributed by atoms with Crippen LogP contribution in [-0.4, -0.2) is 42.7 Å². The number of aliphatic hydroxyl groups excluding tert-OH is 1. The highest BCUT2D eigenvalue weighted by atomic mass is 16.5. The molecule has 60 valence electrons. The van der Waals surface area contributed by atoms with Gasteiger partial charge in [0.05, 0.1) is 12.7 Å². The molecule has 0 saturated carbocycles. The van der Waals surface area contributed by atoms with Crippen LogP contribution in [0.2, 0.25) is 0 Å². The lowest BCUT2D eigenvalue weighted by molar-refractivity contribution is 0.0493. The first kappa shape index (κ1) is 9.19. The maximum atomic E-state index is 9.89. The number of amides is 1. The lowest BCUT2D eigenvalue weighted by atomic mass is 10.4. The summed E-state index contributed by atoms with van der Waals surface area (Å²) in [4.78, 5) is 9.89. The van der Waals surface area contributed by atoms with Crippen molar-refractivity contribution >= 4 is 6.09 Å². The summed E-state index contributed by atoms with van der Waals surface area (Å²) < 4.78 is 4.67. The van der Waals surface area contributed by atoms with Crippen LogP contribution >= 0.6 is 0 Å². The second-order valence-corrected chi connectivity index (χ2v) is 1.73. The molecule has 1 amide bonds. The summed E-state index contributed by atoms with van der Waals surface area (Å²) in [5.41, 5.74) is 0. The van der Waals surface area contributed by atoms with Crippen molar-refractivity contribution in [1.29, 1.82) is 0 Å². The highest BCUT2D eigenvalue weighted by molar-refractivity contribution is 5.64. The molecule has 0 saturated heterocycles. The molecule has 0 spiro atoms. The van der Waals surface area contributed by atoms with Crippen molar-refractivity contribution in [3.8, 4) is 0 Å². The number of hydrogen-bond acceptors (Lipinski definition) is 3. The Bertz CT molecular complexity index is 102. The number of hydrogen-bond donors (Lipinski definition) is 3. The van der Waals surface area contributed by atoms with Gasteiger partial charge in [0.1, 0.15) is 0 Å². The van der Waals surface area contributed by atoms with Gasteiger partial charge in [0, 0.05) is 13.7 Å². The molecule has 3 N–H and O–H groups in total. The lowest BCUT2D eigenvalue weighted by Gasteiger charge is -2.10. The molecule has 1 atom stereocenters. The van der Waals surface area contributed by atoms with Crippen molar-refractivity contribution in [1.82, 2.24) is 5.32 Å². The van der Waals surface area contributed by atoms with E-state index in [1.165, 1.54) is 7.11 Å². The molecule has 0 bridgehead atoms. The van der Waals surface area contributed by atoms with Crippen molar-refractivity contribution < 1.29 is 19.7 Å². The highest BCUT2D eigenvalue weighted by Gasteiger charge is 2.05. The minimum Gasteiger partial charge on any atom is -0.465 e. The second-order valence-electron chi connectivity index (χ2n) is 1.73. The molecule has 5 nitrogen and oxygen atoms in total. The SMILES string of the molecule is COC(CO)CNC(=O)O. The molecule has 0 aliphatic heterocycles. The molecular formula is C5H11NO4. The Morgan fingerprint density at radius 3 is 2.70 bits per heavy atom. The number of aliphatic hydroxyl groups is 1. The third-order valence-corrected chi connectivity index (χ3v) is 1.02. The van der Waals surface area contributed by atoms with Crippen molar-refractivity contribution in [3.05, 3.63) is 0 Å². The minimum atomic E-state index is -1.12. The molecule has 0 aromatic carbocycles. The zero-order chi connectivity index (χ0) is 7.98. The normalized spacial score (nSPS) is 12.6. The van der Waals surface area contributed by atoms with E-state index >= 15 is 0 Å². The van der Waals surface area contributed by atoms with Gasteiger partial charge in [-0.1, -0.05) is 0 Å². The fourth-order valence-electron chi connectivity index (χ4n) is 0.424. The number of nitrogens with one attached hydrogen (secondary N) is 1. The molecule has 0 radical (unpaired) electrons. The van der Waals surface area contributed by atoms with Crippen molar-refractivity contribution in [2.45, 2.75) is 6.10 Å². The predicted molar refractivity (Wildman–Crippen MR) is 33.9 cm³/mol. The topological polar surface area (TPSA) is 78.8 Å². The Labute approximate surface area is 58.6 Å². The molecule has 10 heavy (non-hydrogen) atoms. The average Bonchev–Trinajstić information content (AvgIpc) is 1.90. The van der Waals surface area contributed by atoms with Gasteiger partial charge < -0.3 is 20.3 Å². The predicted octanol–water partition coefficient (Wildman–Crippen LogP) is -0.739. The van der Waals surface area contributed by atoms with E-state index in [-0.39, 0.29) is 13.2 Å². The Hall–Kier alpha value is -0.810. The van der Waals surface area contributed by atoms with Crippen LogP contribution in [0.4, 0.5) is 4.79 Å². The number of methoxy groups -OCH3 is 1. The Morgan fingerprint density at radius 1 is 1.80 bits per heavy atom. The monoisotopic (exact) mass is 149 g/mol. The smallest absolute Gasteiger partial charge is 0.404 e. The van der Waals surface area contributed by atoms with Gasteiger partial charge in [-0.3, -0.25) is 0 Å². The van der Waals surface area contributed by atoms with Crippen LogP contribution in [0.15, 0.2) is 0 Å². The van der Waals surface area contributed by atoms with Crippen LogP contribution in [0.1, 0.15) is 0 Å². The number of rotatable bonds is 4. The molecule has 0 heterocycles. The zero-order valence-electron chi connectivity index (χ0n) is 5.70. The van der Waals surface area contributed by atoms with Gasteiger partial charge in [0.15, 0.2) is 0 Å². The Kier molecular flexibility index (Phi) is 4.61. The number of carboxylic acid groups (broad SMARTS) is 1. The van der Waals surface area contributed by atoms with Crippen LogP contribution in [0.3, 0.4) is 0 Å². The lowest BCUT2D eigenvalue weighted by Crippen LogP contribution is -2.34. The number of carbonyl (C=O) groups is 1. The fourth-order valence-corrected chi connectivity index (χ4v) is 0.424. The standard InChI is InChI=1S/C5H11NO4/c1-10-4(3-7)2-6-5(8)9/h4,6-7H,2-3H2,1H3,(H,8,9). The summed E-state index contributed by atoms with van der Waals surface area (Å²) in [5.74, 6) is 0. The van der Waals surface area contributed by atoms with Gasteiger partial charge in [-0.2, -0.15) is 0 Å². The summed E-state index contributed by atoms with van der Waals surface area (Å²) in [6.07, 6.45) is -1.56. The first-order chi connectivity index (χ1) is 4.70. The van der Waals surface area contributed by atoms with E-state index in [0.29, 0.717) is 0 Å². The molecule has 1 unspecified atom stereocenters. The van der Waals surface area contributed by atoms with E-state index in [1.807, 2.05) is 0 Å². The molecule has 0 rings (SSSR count). The summed E-state index contributed by atoms with van der Waals surface area (Å²) in [6.45, 7) is -0.0703. The minimum absolute atomic E-state index is 0.113. The maximum absolute atomic E-state index is 9.89. The average molecular weight is 149 g/mol. The van der Waals surface area contributed by atoms with Gasteiger partial charge >= 0.3 is 6.09 Å². The first-order valence-corrected chi connectivity index (χ1v) is 2.81. The van der Waals surface area contributed by atoms with E-state index < -0.39 is 12.2 Å².